The highest BCUT2D eigenvalue weighted by Gasteiger charge is 2.31. The van der Waals surface area contributed by atoms with Crippen molar-refractivity contribution in [2.24, 2.45) is 5.73 Å². The van der Waals surface area contributed by atoms with Crippen LogP contribution in [0.1, 0.15) is 56.2 Å². The van der Waals surface area contributed by atoms with E-state index in [1.807, 2.05) is 0 Å². The quantitative estimate of drug-likeness (QED) is 0.925. The summed E-state index contributed by atoms with van der Waals surface area (Å²) in [6.07, 6.45) is 4.10. The molecule has 1 heterocycles. The van der Waals surface area contributed by atoms with E-state index in [4.69, 9.17) is 10.5 Å². The van der Waals surface area contributed by atoms with Crippen LogP contribution in [-0.4, -0.2) is 36.7 Å². The highest BCUT2D eigenvalue weighted by molar-refractivity contribution is 5.34. The van der Waals surface area contributed by atoms with E-state index in [1.54, 1.807) is 0 Å². The van der Waals surface area contributed by atoms with Crippen molar-refractivity contribution in [2.45, 2.75) is 57.2 Å². The van der Waals surface area contributed by atoms with Gasteiger partial charge < -0.3 is 10.5 Å². The third-order valence-electron chi connectivity index (χ3n) is 5.16. The Morgan fingerprint density at radius 3 is 2.67 bits per heavy atom. The number of hydrogen-bond acceptors (Lipinski definition) is 3. The lowest BCUT2D eigenvalue weighted by Crippen LogP contribution is -2.49. The Kier molecular flexibility index (Phi) is 4.63. The van der Waals surface area contributed by atoms with Gasteiger partial charge in [-0.3, -0.25) is 4.90 Å². The molecule has 0 bridgehead atoms. The van der Waals surface area contributed by atoms with Crippen LogP contribution in [0.5, 0.6) is 0 Å². The maximum absolute atomic E-state index is 6.60. The average Bonchev–Trinajstić information content (AvgIpc) is 2.45. The van der Waals surface area contributed by atoms with Gasteiger partial charge in [0.05, 0.1) is 18.8 Å². The van der Waals surface area contributed by atoms with E-state index >= 15 is 0 Å². The second kappa shape index (κ2) is 6.47. The normalized spacial score (nSPS) is 25.8. The summed E-state index contributed by atoms with van der Waals surface area (Å²) in [5.41, 5.74) is 9.36. The summed E-state index contributed by atoms with van der Waals surface area (Å²) in [6, 6.07) is 9.28. The molecule has 0 radical (unpaired) electrons. The van der Waals surface area contributed by atoms with Crippen molar-refractivity contribution < 1.29 is 4.74 Å². The lowest BCUT2D eigenvalue weighted by molar-refractivity contribution is -0.0504. The van der Waals surface area contributed by atoms with Crippen LogP contribution < -0.4 is 5.73 Å². The van der Waals surface area contributed by atoms with Gasteiger partial charge in [-0.25, -0.2) is 0 Å². The van der Waals surface area contributed by atoms with E-state index in [2.05, 4.69) is 43.0 Å². The minimum absolute atomic E-state index is 0.0108. The largest absolute Gasteiger partial charge is 0.374 e. The molecule has 0 spiro atoms. The number of morpholine rings is 1. The monoisotopic (exact) mass is 288 g/mol. The molecule has 116 valence electrons. The fraction of sp³-hybridized carbons (Fsp3) is 0.667. The molecule has 1 saturated heterocycles. The second-order valence-corrected chi connectivity index (χ2v) is 6.78. The van der Waals surface area contributed by atoms with Crippen molar-refractivity contribution in [3.63, 3.8) is 0 Å². The van der Waals surface area contributed by atoms with Crippen molar-refractivity contribution in [2.75, 3.05) is 19.7 Å². The Morgan fingerprint density at radius 2 is 2.00 bits per heavy atom. The molecule has 1 aliphatic heterocycles. The third-order valence-corrected chi connectivity index (χ3v) is 5.16. The van der Waals surface area contributed by atoms with Crippen LogP contribution in [0.4, 0.5) is 0 Å². The van der Waals surface area contributed by atoms with Gasteiger partial charge in [0, 0.05) is 19.1 Å². The molecule has 2 N–H and O–H groups in total. The van der Waals surface area contributed by atoms with Crippen LogP contribution in [0.25, 0.3) is 0 Å². The summed E-state index contributed by atoms with van der Waals surface area (Å²) >= 11 is 0. The van der Waals surface area contributed by atoms with Crippen molar-refractivity contribution in [3.8, 4) is 0 Å². The van der Waals surface area contributed by atoms with Crippen LogP contribution in [0.2, 0.25) is 0 Å². The van der Waals surface area contributed by atoms with Crippen molar-refractivity contribution in [1.29, 1.82) is 0 Å². The van der Waals surface area contributed by atoms with Gasteiger partial charge in [-0.15, -0.1) is 0 Å². The SMILES string of the molecule is CC(C)N1CCOC(C(N)c2ccccc2C2CCC2)C1. The molecule has 2 fully saturated rings. The molecular formula is C18H28N2O. The minimum atomic E-state index is -0.0108. The molecule has 2 aliphatic rings. The highest BCUT2D eigenvalue weighted by Crippen LogP contribution is 2.40. The fourth-order valence-corrected chi connectivity index (χ4v) is 3.49. The number of nitrogens with two attached hydrogens (primary N) is 1. The van der Waals surface area contributed by atoms with E-state index in [1.165, 1.54) is 30.4 Å². The molecular weight excluding hydrogens is 260 g/mol. The molecule has 0 amide bonds. The van der Waals surface area contributed by atoms with Crippen molar-refractivity contribution in [3.05, 3.63) is 35.4 Å². The van der Waals surface area contributed by atoms with Gasteiger partial charge in [0.25, 0.3) is 0 Å². The molecule has 21 heavy (non-hydrogen) atoms. The molecule has 2 atom stereocenters. The Balaban J connectivity index is 1.76. The maximum Gasteiger partial charge on any atom is 0.0895 e. The van der Waals surface area contributed by atoms with Crippen LogP contribution >= 0.6 is 0 Å². The zero-order valence-electron chi connectivity index (χ0n) is 13.3. The first-order valence-corrected chi connectivity index (χ1v) is 8.37. The number of benzene rings is 1. The topological polar surface area (TPSA) is 38.5 Å². The maximum atomic E-state index is 6.60. The van der Waals surface area contributed by atoms with Crippen LogP contribution in [0.15, 0.2) is 24.3 Å². The minimum Gasteiger partial charge on any atom is -0.374 e. The fourth-order valence-electron chi connectivity index (χ4n) is 3.49. The molecule has 1 aromatic carbocycles. The van der Waals surface area contributed by atoms with Gasteiger partial charge in [0.15, 0.2) is 0 Å². The predicted octanol–water partition coefficient (Wildman–Crippen LogP) is 3.06. The van der Waals surface area contributed by atoms with Crippen LogP contribution in [-0.2, 0) is 4.74 Å². The van der Waals surface area contributed by atoms with Crippen LogP contribution in [0, 0.1) is 0 Å². The molecule has 1 saturated carbocycles. The number of ether oxygens (including phenoxy) is 1. The molecule has 2 unspecified atom stereocenters. The molecule has 3 heteroatoms. The number of rotatable bonds is 4. The third kappa shape index (κ3) is 3.15. The van der Waals surface area contributed by atoms with Gasteiger partial charge in [-0.2, -0.15) is 0 Å². The molecule has 1 aliphatic carbocycles. The average molecular weight is 288 g/mol. The van der Waals surface area contributed by atoms with E-state index in [-0.39, 0.29) is 12.1 Å². The van der Waals surface area contributed by atoms with Gasteiger partial charge in [-0.1, -0.05) is 30.7 Å². The van der Waals surface area contributed by atoms with Crippen molar-refractivity contribution >= 4 is 0 Å². The zero-order valence-corrected chi connectivity index (χ0v) is 13.3. The van der Waals surface area contributed by atoms with Crippen molar-refractivity contribution in [1.82, 2.24) is 4.90 Å². The first-order valence-electron chi connectivity index (χ1n) is 8.37. The van der Waals surface area contributed by atoms with Crippen LogP contribution in [0.3, 0.4) is 0 Å². The van der Waals surface area contributed by atoms with E-state index < -0.39 is 0 Å². The second-order valence-electron chi connectivity index (χ2n) is 6.78. The number of nitrogens with zero attached hydrogens (tertiary/aromatic N) is 1. The number of hydrogen-bond donors (Lipinski definition) is 1. The standard InChI is InChI=1S/C18H28N2O/c1-13(2)20-10-11-21-17(12-20)18(19)16-9-4-3-8-15(16)14-6-5-7-14/h3-4,8-9,13-14,17-18H,5-7,10-12,19H2,1-2H3. The van der Waals surface area contributed by atoms with Gasteiger partial charge in [0.2, 0.25) is 0 Å². The zero-order chi connectivity index (χ0) is 14.8. The van der Waals surface area contributed by atoms with E-state index in [0.29, 0.717) is 6.04 Å². The molecule has 0 aromatic heterocycles. The van der Waals surface area contributed by atoms with Gasteiger partial charge in [0.1, 0.15) is 0 Å². The lowest BCUT2D eigenvalue weighted by atomic mass is 9.76. The highest BCUT2D eigenvalue weighted by atomic mass is 16.5. The molecule has 1 aromatic rings. The van der Waals surface area contributed by atoms with E-state index in [9.17, 15) is 0 Å². The first-order chi connectivity index (χ1) is 10.2. The lowest BCUT2D eigenvalue weighted by Gasteiger charge is -2.39. The Hall–Kier alpha value is -0.900. The molecule has 3 rings (SSSR count). The van der Waals surface area contributed by atoms with E-state index in [0.717, 1.165) is 25.6 Å². The van der Waals surface area contributed by atoms with Gasteiger partial charge >= 0.3 is 0 Å². The summed E-state index contributed by atoms with van der Waals surface area (Å²) in [5, 5.41) is 0. The molecule has 3 nitrogen and oxygen atoms in total. The summed E-state index contributed by atoms with van der Waals surface area (Å²) in [7, 11) is 0. The van der Waals surface area contributed by atoms with Gasteiger partial charge in [-0.05, 0) is 43.7 Å². The summed E-state index contributed by atoms with van der Waals surface area (Å²) in [4.78, 5) is 2.47. The summed E-state index contributed by atoms with van der Waals surface area (Å²) < 4.78 is 5.99. The predicted molar refractivity (Wildman–Crippen MR) is 86.4 cm³/mol. The Bertz CT molecular complexity index is 470. The summed E-state index contributed by atoms with van der Waals surface area (Å²) in [5.74, 6) is 0.719. The first kappa shape index (κ1) is 15.0. The smallest absolute Gasteiger partial charge is 0.0895 e. The Morgan fingerprint density at radius 1 is 1.24 bits per heavy atom. The summed E-state index contributed by atoms with van der Waals surface area (Å²) in [6.45, 7) is 7.25. The Labute approximate surface area is 128 Å².